The second-order valence-corrected chi connectivity index (χ2v) is 15.9. The van der Waals surface area contributed by atoms with E-state index in [0.717, 1.165) is 50.5 Å². The number of nitrogens with zero attached hydrogens (tertiary/aromatic N) is 1. The quantitative estimate of drug-likeness (QED) is 0.285. The smallest absolute Gasteiger partial charge is 0.306 e. The van der Waals surface area contributed by atoms with E-state index in [9.17, 15) is 14.7 Å². The predicted molar refractivity (Wildman–Crippen MR) is 185 cm³/mol. The predicted octanol–water partition coefficient (Wildman–Crippen LogP) is 4.44. The number of aliphatic hydroxyl groups excluding tert-OH is 1. The van der Waals surface area contributed by atoms with Crippen LogP contribution in [-0.2, 0) is 42.7 Å². The number of methoxy groups -OCH3 is 2. The van der Waals surface area contributed by atoms with Crippen LogP contribution in [0.5, 0.6) is 0 Å². The molecule has 3 aliphatic heterocycles. The standard InChI is InChI=1S/C39H61NO10/c1-8-25-10-9-11-32(50-34-15-13-24(20-46-34)40(4)5)21(2)35(42)31-18-29-27(30(31)19-33(41)48-25)14-12-23-16-26(17-28(23)29)49-39-38(45-7)37(44-6)36(43)22(3)47-39/h12,14,18,21-30,32,34,36-39,43H,8-11,13,15-17,19-20H2,1-7H3/t21-,22+,23-,24+,25+,26-,27-,28-,29-,30+,32+,34+,36+,37-,38-,39+/m1/s1. The molecule has 0 radical (unpaired) electrons. The first kappa shape index (κ1) is 38.0. The highest BCUT2D eigenvalue weighted by molar-refractivity contribution is 5.99. The van der Waals surface area contributed by atoms with Gasteiger partial charge in [0.2, 0.25) is 0 Å². The Hall–Kier alpha value is -1.70. The van der Waals surface area contributed by atoms with Gasteiger partial charge in [0.25, 0.3) is 0 Å². The molecule has 6 aliphatic rings. The summed E-state index contributed by atoms with van der Waals surface area (Å²) in [6, 6.07) is 0.366. The van der Waals surface area contributed by atoms with Crippen molar-refractivity contribution in [2.75, 3.05) is 34.9 Å². The summed E-state index contributed by atoms with van der Waals surface area (Å²) >= 11 is 0. The monoisotopic (exact) mass is 703 g/mol. The van der Waals surface area contributed by atoms with Crippen LogP contribution in [0, 0.1) is 35.5 Å². The highest BCUT2D eigenvalue weighted by Crippen LogP contribution is 2.54. The van der Waals surface area contributed by atoms with E-state index in [1.165, 1.54) is 0 Å². The van der Waals surface area contributed by atoms with Gasteiger partial charge in [-0.15, -0.1) is 0 Å². The van der Waals surface area contributed by atoms with Gasteiger partial charge in [-0.1, -0.05) is 32.1 Å². The first-order valence-electron chi connectivity index (χ1n) is 19.1. The van der Waals surface area contributed by atoms with Crippen molar-refractivity contribution in [3.63, 3.8) is 0 Å². The summed E-state index contributed by atoms with van der Waals surface area (Å²) in [6.07, 6.45) is 9.39. The molecule has 3 saturated heterocycles. The van der Waals surface area contributed by atoms with E-state index in [0.29, 0.717) is 19.1 Å². The molecular formula is C39H61NO10. The fraction of sp³-hybridized carbons (Fsp3) is 0.846. The molecule has 0 aromatic carbocycles. The minimum atomic E-state index is -0.821. The average molecular weight is 704 g/mol. The topological polar surface area (TPSA) is 122 Å². The van der Waals surface area contributed by atoms with Crippen LogP contribution in [0.3, 0.4) is 0 Å². The van der Waals surface area contributed by atoms with Crippen molar-refractivity contribution in [1.29, 1.82) is 0 Å². The van der Waals surface area contributed by atoms with Crippen molar-refractivity contribution < 1.29 is 47.9 Å². The van der Waals surface area contributed by atoms with Crippen LogP contribution in [0.4, 0.5) is 0 Å². The number of rotatable bonds is 8. The number of fused-ring (bicyclic) bond motifs is 5. The van der Waals surface area contributed by atoms with Crippen molar-refractivity contribution in [3.05, 3.63) is 23.8 Å². The lowest BCUT2D eigenvalue weighted by molar-refractivity contribution is -0.311. The summed E-state index contributed by atoms with van der Waals surface area (Å²) in [5.74, 6) is -0.0816. The first-order valence-corrected chi connectivity index (χ1v) is 19.1. The largest absolute Gasteiger partial charge is 0.462 e. The van der Waals surface area contributed by atoms with Gasteiger partial charge in [-0.3, -0.25) is 9.59 Å². The maximum Gasteiger partial charge on any atom is 0.306 e. The Bertz CT molecular complexity index is 1230. The third-order valence-electron chi connectivity index (χ3n) is 12.7. The number of allylic oxidation sites excluding steroid dienone is 4. The second kappa shape index (κ2) is 16.5. The number of aliphatic hydroxyl groups is 1. The minimum Gasteiger partial charge on any atom is -0.462 e. The molecule has 11 heteroatoms. The minimum absolute atomic E-state index is 0.0337. The zero-order chi connectivity index (χ0) is 35.7. The fourth-order valence-corrected chi connectivity index (χ4v) is 9.60. The molecule has 0 aromatic heterocycles. The highest BCUT2D eigenvalue weighted by atomic mass is 16.7. The Morgan fingerprint density at radius 2 is 1.74 bits per heavy atom. The van der Waals surface area contributed by atoms with Gasteiger partial charge < -0.3 is 43.2 Å². The molecule has 3 aliphatic carbocycles. The number of esters is 1. The summed E-state index contributed by atoms with van der Waals surface area (Å²) in [4.78, 5) is 30.2. The lowest BCUT2D eigenvalue weighted by Crippen LogP contribution is -2.59. The Morgan fingerprint density at radius 1 is 0.960 bits per heavy atom. The number of Topliss-reactive ketones (excluding diaryl/α,β-unsaturated/α-hetero) is 1. The maximum atomic E-state index is 14.6. The van der Waals surface area contributed by atoms with E-state index in [1.807, 2.05) is 13.8 Å². The molecule has 4 fully saturated rings. The van der Waals surface area contributed by atoms with E-state index >= 15 is 0 Å². The molecule has 50 heavy (non-hydrogen) atoms. The van der Waals surface area contributed by atoms with Crippen LogP contribution >= 0.6 is 0 Å². The van der Waals surface area contributed by atoms with Crippen molar-refractivity contribution >= 4 is 11.8 Å². The molecule has 1 N–H and O–H groups in total. The van der Waals surface area contributed by atoms with Crippen LogP contribution in [0.25, 0.3) is 0 Å². The molecule has 11 nitrogen and oxygen atoms in total. The number of cyclic esters (lactones) is 1. The Kier molecular flexibility index (Phi) is 12.6. The van der Waals surface area contributed by atoms with Gasteiger partial charge in [0.15, 0.2) is 18.4 Å². The van der Waals surface area contributed by atoms with Crippen LogP contribution < -0.4 is 0 Å². The maximum absolute atomic E-state index is 14.6. The van der Waals surface area contributed by atoms with E-state index in [4.69, 9.17) is 33.2 Å². The lowest BCUT2D eigenvalue weighted by Gasteiger charge is -2.43. The summed E-state index contributed by atoms with van der Waals surface area (Å²) in [7, 11) is 7.29. The SMILES string of the molecule is CC[C@H]1CCC[C@H](O[C@H]2CC[C@H](N(C)C)CO2)[C@@H](C)C(=O)C2=C[C@@H]3[C@@H](C=C[C@@H]4C[C@@H](O[C@@H]5O[C@@H](C)[C@H](O)[C@@H](OC)[C@H]5OC)C[C@@H]34)[C@@H]2CC(=O)O1. The molecule has 1 saturated carbocycles. The highest BCUT2D eigenvalue weighted by Gasteiger charge is 2.52. The zero-order valence-electron chi connectivity index (χ0n) is 31.1. The third kappa shape index (κ3) is 7.95. The van der Waals surface area contributed by atoms with E-state index in [-0.39, 0.29) is 78.3 Å². The van der Waals surface area contributed by atoms with E-state index in [1.54, 1.807) is 14.2 Å². The fourth-order valence-electron chi connectivity index (χ4n) is 9.60. The van der Waals surface area contributed by atoms with Crippen LogP contribution in [-0.4, -0.2) is 118 Å². The van der Waals surface area contributed by atoms with Gasteiger partial charge in [0.1, 0.15) is 24.4 Å². The number of ketones is 1. The summed E-state index contributed by atoms with van der Waals surface area (Å²) in [5, 5.41) is 10.6. The van der Waals surface area contributed by atoms with Crippen molar-refractivity contribution in [1.82, 2.24) is 4.90 Å². The molecule has 0 spiro atoms. The number of likely N-dealkylation sites (N-methyl/N-ethyl adjacent to an activating group) is 1. The number of hydrogen-bond donors (Lipinski definition) is 1. The molecule has 0 unspecified atom stereocenters. The van der Waals surface area contributed by atoms with Crippen LogP contribution in [0.15, 0.2) is 23.8 Å². The van der Waals surface area contributed by atoms with Gasteiger partial charge in [0.05, 0.1) is 31.3 Å². The number of carbonyl (C=O) groups is 2. The van der Waals surface area contributed by atoms with Gasteiger partial charge in [-0.05, 0) is 102 Å². The molecule has 6 rings (SSSR count). The zero-order valence-corrected chi connectivity index (χ0v) is 31.1. The second-order valence-electron chi connectivity index (χ2n) is 15.9. The Balaban J connectivity index is 1.20. The van der Waals surface area contributed by atoms with Gasteiger partial charge in [-0.2, -0.15) is 0 Å². The number of ether oxygens (including phenoxy) is 7. The van der Waals surface area contributed by atoms with Gasteiger partial charge in [0, 0.05) is 32.1 Å². The summed E-state index contributed by atoms with van der Waals surface area (Å²) in [6.45, 7) is 6.49. The first-order chi connectivity index (χ1) is 24.0. The normalized spacial score (nSPS) is 45.6. The van der Waals surface area contributed by atoms with Crippen LogP contribution in [0.1, 0.15) is 78.6 Å². The summed E-state index contributed by atoms with van der Waals surface area (Å²) in [5.41, 5.74) is 0.749. The van der Waals surface area contributed by atoms with E-state index in [2.05, 4.69) is 44.1 Å². The molecule has 282 valence electrons. The van der Waals surface area contributed by atoms with Crippen molar-refractivity contribution in [3.8, 4) is 0 Å². The molecule has 0 amide bonds. The van der Waals surface area contributed by atoms with Crippen molar-refractivity contribution in [2.24, 2.45) is 35.5 Å². The molecule has 0 bridgehead atoms. The average Bonchev–Trinajstić information content (AvgIpc) is 3.68. The third-order valence-corrected chi connectivity index (χ3v) is 12.7. The molecule has 0 aromatic rings. The van der Waals surface area contributed by atoms with Crippen LogP contribution in [0.2, 0.25) is 0 Å². The number of carbonyl (C=O) groups excluding carboxylic acids is 2. The lowest BCUT2D eigenvalue weighted by atomic mass is 9.70. The molecule has 16 atom stereocenters. The Morgan fingerprint density at radius 3 is 2.42 bits per heavy atom. The Labute approximate surface area is 298 Å². The van der Waals surface area contributed by atoms with Gasteiger partial charge >= 0.3 is 5.97 Å². The van der Waals surface area contributed by atoms with E-state index < -0.39 is 30.7 Å². The van der Waals surface area contributed by atoms with Crippen molar-refractivity contribution in [2.45, 2.75) is 140 Å². The van der Waals surface area contributed by atoms with Gasteiger partial charge in [-0.25, -0.2) is 0 Å². The number of hydrogen-bond acceptors (Lipinski definition) is 11. The molecular weight excluding hydrogens is 642 g/mol. The summed E-state index contributed by atoms with van der Waals surface area (Å²) < 4.78 is 42.8. The molecule has 3 heterocycles.